The third kappa shape index (κ3) is 2.07. The number of carbonyl (C=O) groups excluding carboxylic acids is 1. The van der Waals surface area contributed by atoms with Crippen molar-refractivity contribution in [1.82, 2.24) is 4.98 Å². The molecule has 2 aromatic heterocycles. The Hall–Kier alpha value is -2.56. The minimum Gasteiger partial charge on any atom is -0.451 e. The average molecular weight is 273 g/mol. The Kier molecular flexibility index (Phi) is 2.82. The molecule has 0 unspecified atom stereocenters. The van der Waals surface area contributed by atoms with Crippen molar-refractivity contribution in [3.05, 3.63) is 65.1 Å². The van der Waals surface area contributed by atoms with Crippen LogP contribution in [0.5, 0.6) is 0 Å². The summed E-state index contributed by atoms with van der Waals surface area (Å²) in [6.45, 7) is 1.81. The van der Waals surface area contributed by atoms with Crippen LogP contribution in [0.15, 0.2) is 40.8 Å². The molecule has 0 aliphatic carbocycles. The number of nitrogens with zero attached hydrogens (tertiary/aromatic N) is 1. The highest BCUT2D eigenvalue weighted by molar-refractivity contribution is 6.08. The number of fused-ring (bicyclic) bond motifs is 1. The van der Waals surface area contributed by atoms with E-state index in [0.717, 1.165) is 17.8 Å². The predicted molar refractivity (Wildman–Crippen MR) is 68.5 cm³/mol. The molecule has 0 radical (unpaired) electrons. The van der Waals surface area contributed by atoms with Crippen LogP contribution in [-0.2, 0) is 0 Å². The second-order valence-corrected chi connectivity index (χ2v) is 4.40. The Morgan fingerprint density at radius 2 is 1.95 bits per heavy atom. The minimum absolute atomic E-state index is 0.0244. The highest BCUT2D eigenvalue weighted by atomic mass is 19.1. The quantitative estimate of drug-likeness (QED) is 0.669. The molecule has 0 fully saturated rings. The molecule has 3 nitrogen and oxygen atoms in total. The van der Waals surface area contributed by atoms with Gasteiger partial charge >= 0.3 is 0 Å². The van der Waals surface area contributed by atoms with Crippen LogP contribution in [0.3, 0.4) is 0 Å². The van der Waals surface area contributed by atoms with E-state index in [1.54, 1.807) is 12.1 Å². The number of carbonyl (C=O) groups is 1. The summed E-state index contributed by atoms with van der Waals surface area (Å²) in [5.41, 5.74) is 1.52. The summed E-state index contributed by atoms with van der Waals surface area (Å²) in [7, 11) is 0. The average Bonchev–Trinajstić information content (AvgIpc) is 2.81. The number of pyridine rings is 1. The zero-order chi connectivity index (χ0) is 14.3. The third-order valence-electron chi connectivity index (χ3n) is 2.91. The molecule has 3 rings (SSSR count). The molecule has 100 valence electrons. The first-order chi connectivity index (χ1) is 9.54. The first-order valence-electron chi connectivity index (χ1n) is 5.91. The molecule has 5 heteroatoms. The summed E-state index contributed by atoms with van der Waals surface area (Å²) in [5.74, 6) is -2.32. The van der Waals surface area contributed by atoms with Gasteiger partial charge in [-0.05, 0) is 31.2 Å². The maximum Gasteiger partial charge on any atom is 0.231 e. The number of furan rings is 1. The lowest BCUT2D eigenvalue weighted by atomic mass is 10.1. The van der Waals surface area contributed by atoms with Crippen LogP contribution in [-0.4, -0.2) is 10.8 Å². The summed E-state index contributed by atoms with van der Waals surface area (Å²) < 4.78 is 31.8. The van der Waals surface area contributed by atoms with E-state index >= 15 is 0 Å². The van der Waals surface area contributed by atoms with Crippen molar-refractivity contribution in [2.24, 2.45) is 0 Å². The smallest absolute Gasteiger partial charge is 0.231 e. The van der Waals surface area contributed by atoms with Gasteiger partial charge in [0.05, 0.1) is 5.56 Å². The Bertz CT molecular complexity index is 824. The Morgan fingerprint density at radius 1 is 1.15 bits per heavy atom. The minimum atomic E-state index is -0.917. The molecule has 1 aromatic carbocycles. The summed E-state index contributed by atoms with van der Waals surface area (Å²) in [6, 6.07) is 7.68. The van der Waals surface area contributed by atoms with Gasteiger partial charge in [0.1, 0.15) is 17.2 Å². The zero-order valence-corrected chi connectivity index (χ0v) is 10.5. The van der Waals surface area contributed by atoms with Crippen LogP contribution in [0.25, 0.3) is 11.1 Å². The van der Waals surface area contributed by atoms with Crippen LogP contribution in [0, 0.1) is 18.6 Å². The monoisotopic (exact) mass is 273 g/mol. The molecule has 0 amide bonds. The van der Waals surface area contributed by atoms with Gasteiger partial charge in [0.25, 0.3) is 0 Å². The van der Waals surface area contributed by atoms with Crippen molar-refractivity contribution < 1.29 is 18.0 Å². The molecule has 0 aliphatic rings. The van der Waals surface area contributed by atoms with Gasteiger partial charge in [0.15, 0.2) is 11.3 Å². The fourth-order valence-electron chi connectivity index (χ4n) is 1.94. The summed E-state index contributed by atoms with van der Waals surface area (Å²) in [6.07, 6.45) is 0. The number of hydrogen-bond acceptors (Lipinski definition) is 3. The number of aryl methyl sites for hydroxylation is 1. The predicted octanol–water partition coefficient (Wildman–Crippen LogP) is 3.65. The number of rotatable bonds is 2. The molecule has 0 saturated carbocycles. The maximum absolute atomic E-state index is 13.6. The molecule has 0 N–H and O–H groups in total. The van der Waals surface area contributed by atoms with Gasteiger partial charge in [-0.15, -0.1) is 0 Å². The lowest BCUT2D eigenvalue weighted by Gasteiger charge is -1.99. The number of halogens is 2. The van der Waals surface area contributed by atoms with Crippen molar-refractivity contribution >= 4 is 16.9 Å². The largest absolute Gasteiger partial charge is 0.451 e. The lowest BCUT2D eigenvalue weighted by Crippen LogP contribution is -2.03. The van der Waals surface area contributed by atoms with E-state index in [0.29, 0.717) is 17.2 Å². The van der Waals surface area contributed by atoms with Gasteiger partial charge in [0, 0.05) is 17.8 Å². The van der Waals surface area contributed by atoms with Gasteiger partial charge in [0.2, 0.25) is 5.78 Å². The number of hydrogen-bond donors (Lipinski definition) is 0. The van der Waals surface area contributed by atoms with E-state index in [1.165, 1.54) is 6.07 Å². The lowest BCUT2D eigenvalue weighted by molar-refractivity contribution is 0.101. The number of benzene rings is 1. The van der Waals surface area contributed by atoms with Gasteiger partial charge in [-0.1, -0.05) is 0 Å². The molecule has 0 spiro atoms. The van der Waals surface area contributed by atoms with Crippen molar-refractivity contribution in [2.75, 3.05) is 0 Å². The van der Waals surface area contributed by atoms with Crippen molar-refractivity contribution in [3.8, 4) is 0 Å². The van der Waals surface area contributed by atoms with Crippen LogP contribution < -0.4 is 0 Å². The molecule has 0 bridgehead atoms. The highest BCUT2D eigenvalue weighted by Crippen LogP contribution is 2.21. The highest BCUT2D eigenvalue weighted by Gasteiger charge is 2.19. The molecule has 0 atom stereocenters. The van der Waals surface area contributed by atoms with Crippen molar-refractivity contribution in [3.63, 3.8) is 0 Å². The van der Waals surface area contributed by atoms with Crippen molar-refractivity contribution in [1.29, 1.82) is 0 Å². The van der Waals surface area contributed by atoms with Gasteiger partial charge in [-0.2, -0.15) is 0 Å². The molecule has 2 heterocycles. The Labute approximate surface area is 112 Å². The van der Waals surface area contributed by atoms with E-state index in [2.05, 4.69) is 4.98 Å². The summed E-state index contributed by atoms with van der Waals surface area (Å²) in [5, 5.41) is 0. The van der Waals surface area contributed by atoms with Crippen LogP contribution in [0.4, 0.5) is 8.78 Å². The molecule has 3 aromatic rings. The fourth-order valence-corrected chi connectivity index (χ4v) is 1.94. The normalized spacial score (nSPS) is 10.9. The van der Waals surface area contributed by atoms with Crippen molar-refractivity contribution in [2.45, 2.75) is 6.92 Å². The standard InChI is InChI=1S/C15H9F2NO2/c1-8-2-5-13-12(18-8)7-14(20-13)15(19)10-4-3-9(16)6-11(10)17/h2-7H,1H3. The maximum atomic E-state index is 13.6. The van der Waals surface area contributed by atoms with Crippen LogP contribution >= 0.6 is 0 Å². The Morgan fingerprint density at radius 3 is 2.70 bits per heavy atom. The van der Waals surface area contributed by atoms with E-state index in [-0.39, 0.29) is 11.3 Å². The molecule has 0 saturated heterocycles. The van der Waals surface area contributed by atoms with E-state index in [4.69, 9.17) is 4.42 Å². The first-order valence-corrected chi connectivity index (χ1v) is 5.91. The number of aromatic nitrogens is 1. The summed E-state index contributed by atoms with van der Waals surface area (Å²) in [4.78, 5) is 16.4. The van der Waals surface area contributed by atoms with Crippen LogP contribution in [0.2, 0.25) is 0 Å². The van der Waals surface area contributed by atoms with E-state index in [1.807, 2.05) is 6.92 Å². The van der Waals surface area contributed by atoms with Gasteiger partial charge in [-0.25, -0.2) is 13.8 Å². The van der Waals surface area contributed by atoms with Crippen LogP contribution in [0.1, 0.15) is 21.8 Å². The number of ketones is 1. The van der Waals surface area contributed by atoms with Gasteiger partial charge in [-0.3, -0.25) is 4.79 Å². The second-order valence-electron chi connectivity index (χ2n) is 4.40. The van der Waals surface area contributed by atoms with E-state index in [9.17, 15) is 13.6 Å². The second kappa shape index (κ2) is 4.52. The molecular weight excluding hydrogens is 264 g/mol. The fraction of sp³-hybridized carbons (Fsp3) is 0.0667. The molecular formula is C15H9F2NO2. The topological polar surface area (TPSA) is 43.1 Å². The van der Waals surface area contributed by atoms with E-state index < -0.39 is 17.4 Å². The molecule has 0 aliphatic heterocycles. The third-order valence-corrected chi connectivity index (χ3v) is 2.91. The molecule has 20 heavy (non-hydrogen) atoms. The summed E-state index contributed by atoms with van der Waals surface area (Å²) >= 11 is 0. The van der Waals surface area contributed by atoms with Gasteiger partial charge < -0.3 is 4.42 Å². The first kappa shape index (κ1) is 12.5. The Balaban J connectivity index is 2.08. The SMILES string of the molecule is Cc1ccc2oc(C(=O)c3ccc(F)cc3F)cc2n1. The zero-order valence-electron chi connectivity index (χ0n) is 10.5.